The summed E-state index contributed by atoms with van der Waals surface area (Å²) >= 11 is 0. The molecule has 1 fully saturated rings. The third-order valence-electron chi connectivity index (χ3n) is 6.00. The van der Waals surface area contributed by atoms with Crippen molar-refractivity contribution in [3.05, 3.63) is 71.7 Å². The first kappa shape index (κ1) is 17.5. The Labute approximate surface area is 171 Å². The molecule has 1 aliphatic heterocycles. The summed E-state index contributed by atoms with van der Waals surface area (Å²) in [6, 6.07) is 4.50. The van der Waals surface area contributed by atoms with Gasteiger partial charge in [-0.05, 0) is 37.0 Å². The standard InChI is InChI=1S/C21H20FN7O/c22-13-2-1-6-29-17(13)8-15(27-29)20-19-14(25-11-26-19)5-7-28(20)18-10-23-16(9-24-18)21(30)12-3-4-12/h1-2,6,8-12,20-21,30H,3-5,7H2,(H,25,26)/t20-,21-/m1/s1. The molecule has 2 aliphatic rings. The van der Waals surface area contributed by atoms with Crippen molar-refractivity contribution in [1.82, 2.24) is 29.5 Å². The van der Waals surface area contributed by atoms with Gasteiger partial charge in [0.15, 0.2) is 0 Å². The highest BCUT2D eigenvalue weighted by molar-refractivity contribution is 5.54. The van der Waals surface area contributed by atoms with Crippen molar-refractivity contribution in [2.24, 2.45) is 5.92 Å². The number of nitrogens with one attached hydrogen (secondary N) is 1. The lowest BCUT2D eigenvalue weighted by Gasteiger charge is -2.34. The number of aromatic amines is 1. The molecule has 0 bridgehead atoms. The fraction of sp³-hybridized carbons (Fsp3) is 0.333. The van der Waals surface area contributed by atoms with E-state index in [9.17, 15) is 9.50 Å². The second-order valence-electron chi connectivity index (χ2n) is 7.95. The van der Waals surface area contributed by atoms with Gasteiger partial charge in [-0.3, -0.25) is 4.98 Å². The summed E-state index contributed by atoms with van der Waals surface area (Å²) < 4.78 is 15.8. The summed E-state index contributed by atoms with van der Waals surface area (Å²) in [5.41, 5.74) is 3.61. The van der Waals surface area contributed by atoms with Crippen molar-refractivity contribution in [1.29, 1.82) is 0 Å². The molecule has 30 heavy (non-hydrogen) atoms. The number of nitrogens with zero attached hydrogens (tertiary/aromatic N) is 6. The lowest BCUT2D eigenvalue weighted by molar-refractivity contribution is 0.148. The number of hydrogen-bond acceptors (Lipinski definition) is 6. The number of fused-ring (bicyclic) bond motifs is 2. The molecule has 0 spiro atoms. The molecule has 9 heteroatoms. The predicted octanol–water partition coefficient (Wildman–Crippen LogP) is 2.58. The average Bonchev–Trinajstić information content (AvgIpc) is 3.34. The van der Waals surface area contributed by atoms with E-state index in [-0.39, 0.29) is 11.9 Å². The smallest absolute Gasteiger partial charge is 0.148 e. The van der Waals surface area contributed by atoms with Crippen LogP contribution in [0, 0.1) is 11.7 Å². The lowest BCUT2D eigenvalue weighted by Crippen LogP contribution is -2.37. The van der Waals surface area contributed by atoms with Crippen LogP contribution >= 0.6 is 0 Å². The summed E-state index contributed by atoms with van der Waals surface area (Å²) in [6.45, 7) is 0.690. The van der Waals surface area contributed by atoms with Crippen LogP contribution in [0.3, 0.4) is 0 Å². The SMILES string of the molecule is O[C@@H](c1cnc(N2CCc3[nH]cnc3[C@H]2c2cc3c(F)cccn3n2)cn1)C1CC1. The zero-order chi connectivity index (χ0) is 20.2. The van der Waals surface area contributed by atoms with Crippen molar-refractivity contribution >= 4 is 11.3 Å². The van der Waals surface area contributed by atoms with Gasteiger partial charge in [-0.15, -0.1) is 0 Å². The Bertz CT molecular complexity index is 1210. The Kier molecular flexibility index (Phi) is 3.85. The van der Waals surface area contributed by atoms with Crippen molar-refractivity contribution in [3.8, 4) is 0 Å². The summed E-state index contributed by atoms with van der Waals surface area (Å²) in [4.78, 5) is 18.9. The first-order chi connectivity index (χ1) is 14.7. The van der Waals surface area contributed by atoms with Crippen LogP contribution in [0.1, 0.15) is 47.8 Å². The van der Waals surface area contributed by atoms with Gasteiger partial charge in [-0.25, -0.2) is 18.9 Å². The van der Waals surface area contributed by atoms with E-state index in [1.807, 2.05) is 0 Å². The number of aromatic nitrogens is 6. The first-order valence-corrected chi connectivity index (χ1v) is 10.1. The highest BCUT2D eigenvalue weighted by atomic mass is 19.1. The molecule has 8 nitrogen and oxygen atoms in total. The third kappa shape index (κ3) is 2.77. The second-order valence-corrected chi connectivity index (χ2v) is 7.95. The van der Waals surface area contributed by atoms with Gasteiger partial charge in [0.25, 0.3) is 0 Å². The molecular formula is C21H20FN7O. The van der Waals surface area contributed by atoms with Gasteiger partial charge in [0, 0.05) is 24.9 Å². The molecule has 0 amide bonds. The van der Waals surface area contributed by atoms with Gasteiger partial charge in [0.05, 0.1) is 35.8 Å². The minimum absolute atomic E-state index is 0.298. The topological polar surface area (TPSA) is 95.2 Å². The van der Waals surface area contributed by atoms with Crippen LogP contribution in [0.25, 0.3) is 5.52 Å². The first-order valence-electron chi connectivity index (χ1n) is 10.1. The van der Waals surface area contributed by atoms with Crippen LogP contribution in [0.2, 0.25) is 0 Å². The number of anilines is 1. The van der Waals surface area contributed by atoms with E-state index >= 15 is 0 Å². The van der Waals surface area contributed by atoms with E-state index < -0.39 is 6.10 Å². The van der Waals surface area contributed by atoms with Crippen LogP contribution in [0.5, 0.6) is 0 Å². The number of halogens is 1. The molecule has 0 saturated heterocycles. The minimum Gasteiger partial charge on any atom is -0.386 e. The van der Waals surface area contributed by atoms with E-state index in [0.717, 1.165) is 30.7 Å². The molecular weight excluding hydrogens is 385 g/mol. The molecule has 0 aromatic carbocycles. The Balaban J connectivity index is 1.42. The van der Waals surface area contributed by atoms with Gasteiger partial charge >= 0.3 is 0 Å². The van der Waals surface area contributed by atoms with E-state index in [2.05, 4.69) is 29.9 Å². The van der Waals surface area contributed by atoms with Gasteiger partial charge in [0.1, 0.15) is 29.3 Å². The van der Waals surface area contributed by atoms with Crippen LogP contribution in [-0.4, -0.2) is 41.2 Å². The van der Waals surface area contributed by atoms with Crippen LogP contribution in [-0.2, 0) is 6.42 Å². The maximum Gasteiger partial charge on any atom is 0.148 e. The summed E-state index contributed by atoms with van der Waals surface area (Å²) in [5.74, 6) is 0.657. The number of aliphatic hydroxyl groups is 1. The van der Waals surface area contributed by atoms with Crippen molar-refractivity contribution < 1.29 is 9.50 Å². The highest BCUT2D eigenvalue weighted by Gasteiger charge is 2.35. The van der Waals surface area contributed by atoms with Crippen molar-refractivity contribution in [3.63, 3.8) is 0 Å². The van der Waals surface area contributed by atoms with E-state index in [0.29, 0.717) is 35.2 Å². The fourth-order valence-corrected chi connectivity index (χ4v) is 4.24. The zero-order valence-corrected chi connectivity index (χ0v) is 16.1. The molecule has 4 aromatic heterocycles. The molecule has 2 atom stereocenters. The Morgan fingerprint density at radius 2 is 2.10 bits per heavy atom. The monoisotopic (exact) mass is 405 g/mol. The normalized spacial score (nSPS) is 19.8. The molecule has 4 aromatic rings. The molecule has 2 N–H and O–H groups in total. The average molecular weight is 405 g/mol. The molecule has 0 unspecified atom stereocenters. The zero-order valence-electron chi connectivity index (χ0n) is 16.1. The van der Waals surface area contributed by atoms with Crippen molar-refractivity contribution in [2.45, 2.75) is 31.4 Å². The number of hydrogen-bond donors (Lipinski definition) is 2. The molecule has 1 saturated carbocycles. The molecule has 1 aliphatic carbocycles. The van der Waals surface area contributed by atoms with E-state index in [1.54, 1.807) is 41.6 Å². The summed E-state index contributed by atoms with van der Waals surface area (Å²) in [7, 11) is 0. The quantitative estimate of drug-likeness (QED) is 0.542. The predicted molar refractivity (Wildman–Crippen MR) is 106 cm³/mol. The number of pyridine rings is 1. The minimum atomic E-state index is -0.553. The molecule has 0 radical (unpaired) electrons. The summed E-state index contributed by atoms with van der Waals surface area (Å²) in [6.07, 6.45) is 9.05. The molecule has 152 valence electrons. The van der Waals surface area contributed by atoms with Gasteiger partial charge < -0.3 is 15.0 Å². The van der Waals surface area contributed by atoms with Gasteiger partial charge in [0.2, 0.25) is 0 Å². The largest absolute Gasteiger partial charge is 0.386 e. The Hall–Kier alpha value is -3.33. The number of aliphatic hydroxyl groups excluding tert-OH is 1. The second kappa shape index (κ2) is 6.60. The number of rotatable bonds is 4. The number of imidazole rings is 1. The molecule has 5 heterocycles. The van der Waals surface area contributed by atoms with Crippen LogP contribution < -0.4 is 4.90 Å². The number of H-pyrrole nitrogens is 1. The maximum atomic E-state index is 14.3. The Morgan fingerprint density at radius 3 is 2.87 bits per heavy atom. The Morgan fingerprint density at radius 1 is 1.20 bits per heavy atom. The lowest BCUT2D eigenvalue weighted by atomic mass is 10.00. The third-order valence-corrected chi connectivity index (χ3v) is 6.00. The van der Waals surface area contributed by atoms with E-state index in [1.165, 1.54) is 6.07 Å². The van der Waals surface area contributed by atoms with Gasteiger partial charge in [-0.1, -0.05) is 0 Å². The fourth-order valence-electron chi connectivity index (χ4n) is 4.24. The van der Waals surface area contributed by atoms with Crippen LogP contribution in [0.4, 0.5) is 10.2 Å². The van der Waals surface area contributed by atoms with Gasteiger partial charge in [-0.2, -0.15) is 5.10 Å². The van der Waals surface area contributed by atoms with E-state index in [4.69, 9.17) is 0 Å². The summed E-state index contributed by atoms with van der Waals surface area (Å²) in [5, 5.41) is 14.9. The van der Waals surface area contributed by atoms with Crippen LogP contribution in [0.15, 0.2) is 43.1 Å². The molecule has 6 rings (SSSR count). The maximum absolute atomic E-state index is 14.3. The van der Waals surface area contributed by atoms with Crippen molar-refractivity contribution in [2.75, 3.05) is 11.4 Å². The highest BCUT2D eigenvalue weighted by Crippen LogP contribution is 2.40.